The number of ether oxygens (including phenoxy) is 1. The molecule has 0 unspecified atom stereocenters. The highest BCUT2D eigenvalue weighted by atomic mass is 127. The number of aliphatic hydroxyl groups excluding tert-OH is 1. The van der Waals surface area contributed by atoms with Crippen LogP contribution >= 0.6 is 24.0 Å². The zero-order chi connectivity index (χ0) is 20.7. The van der Waals surface area contributed by atoms with Crippen molar-refractivity contribution in [2.75, 3.05) is 19.6 Å². The number of hydrogen-bond acceptors (Lipinski definition) is 4. The van der Waals surface area contributed by atoms with Crippen LogP contribution in [-0.2, 0) is 17.9 Å². The van der Waals surface area contributed by atoms with Crippen LogP contribution in [0.2, 0.25) is 0 Å². The van der Waals surface area contributed by atoms with E-state index in [1.807, 2.05) is 27.7 Å². The lowest BCUT2D eigenvalue weighted by Crippen LogP contribution is -2.44. The van der Waals surface area contributed by atoms with Crippen LogP contribution in [-0.4, -0.2) is 53.3 Å². The Balaban J connectivity index is 0.00000420. The molecule has 1 fully saturated rings. The van der Waals surface area contributed by atoms with E-state index in [1.54, 1.807) is 12.1 Å². The van der Waals surface area contributed by atoms with Crippen LogP contribution in [0.1, 0.15) is 45.2 Å². The van der Waals surface area contributed by atoms with Gasteiger partial charge in [0.2, 0.25) is 0 Å². The predicted molar refractivity (Wildman–Crippen MR) is 122 cm³/mol. The van der Waals surface area contributed by atoms with E-state index in [1.165, 1.54) is 6.07 Å². The maximum Gasteiger partial charge on any atom is 0.407 e. The summed E-state index contributed by atoms with van der Waals surface area (Å²) in [4.78, 5) is 18.7. The molecule has 9 heteroatoms. The zero-order valence-corrected chi connectivity index (χ0v) is 19.8. The lowest BCUT2D eigenvalue weighted by Gasteiger charge is -2.23. The summed E-state index contributed by atoms with van der Waals surface area (Å²) in [7, 11) is 0. The number of halogens is 2. The maximum atomic E-state index is 13.5. The lowest BCUT2D eigenvalue weighted by molar-refractivity contribution is 0.0507. The average Bonchev–Trinajstić information content (AvgIpc) is 3.06. The summed E-state index contributed by atoms with van der Waals surface area (Å²) >= 11 is 0. The van der Waals surface area contributed by atoms with E-state index in [9.17, 15) is 14.3 Å². The molecule has 1 saturated heterocycles. The molecule has 1 amide bonds. The van der Waals surface area contributed by atoms with Gasteiger partial charge in [-0.05, 0) is 51.8 Å². The Labute approximate surface area is 189 Å². The molecule has 1 aromatic rings. The highest BCUT2D eigenvalue weighted by molar-refractivity contribution is 14.0. The molecule has 164 valence electrons. The molecule has 1 aliphatic rings. The van der Waals surface area contributed by atoms with Gasteiger partial charge in [-0.1, -0.05) is 6.07 Å². The van der Waals surface area contributed by atoms with E-state index in [-0.39, 0.29) is 42.2 Å². The van der Waals surface area contributed by atoms with E-state index in [0.717, 1.165) is 24.5 Å². The Kier molecular flexibility index (Phi) is 10.1. The summed E-state index contributed by atoms with van der Waals surface area (Å²) in [5.74, 6) is 0.323. The molecule has 0 aromatic heterocycles. The first kappa shape index (κ1) is 25.4. The molecule has 0 spiro atoms. The quantitative estimate of drug-likeness (QED) is 0.315. The normalized spacial score (nSPS) is 17.0. The van der Waals surface area contributed by atoms with Crippen LogP contribution in [0.5, 0.6) is 0 Å². The van der Waals surface area contributed by atoms with Gasteiger partial charge in [-0.15, -0.1) is 24.0 Å². The Morgan fingerprint density at radius 2 is 2.14 bits per heavy atom. The van der Waals surface area contributed by atoms with Crippen molar-refractivity contribution in [3.8, 4) is 0 Å². The van der Waals surface area contributed by atoms with Crippen LogP contribution in [0.4, 0.5) is 9.18 Å². The molecule has 3 N–H and O–H groups in total. The van der Waals surface area contributed by atoms with Gasteiger partial charge in [-0.2, -0.15) is 0 Å². The van der Waals surface area contributed by atoms with E-state index in [0.29, 0.717) is 19.6 Å². The SMILES string of the molecule is CCNC(=NCc1ccc(F)c(CO)c1)N1CC[C@@H](NC(=O)OC(C)(C)C)C1.I. The number of aliphatic hydroxyl groups is 1. The number of nitrogens with zero attached hydrogens (tertiary/aromatic N) is 2. The van der Waals surface area contributed by atoms with Gasteiger partial charge in [0.15, 0.2) is 5.96 Å². The maximum absolute atomic E-state index is 13.5. The van der Waals surface area contributed by atoms with Gasteiger partial charge in [0.1, 0.15) is 11.4 Å². The number of rotatable bonds is 5. The first-order chi connectivity index (χ1) is 13.2. The van der Waals surface area contributed by atoms with Crippen molar-refractivity contribution in [3.63, 3.8) is 0 Å². The number of likely N-dealkylation sites (tertiary alicyclic amines) is 1. The largest absolute Gasteiger partial charge is 0.444 e. The standard InChI is InChI=1S/C20H31FN4O3.HI/c1-5-22-18(23-11-14-6-7-17(21)15(10-14)13-26)25-9-8-16(12-25)24-19(27)28-20(2,3)4;/h6-7,10,16,26H,5,8-9,11-13H2,1-4H3,(H,22,23)(H,24,27);1H/t16-;/m1./s1. The minimum atomic E-state index is -0.526. The number of carbonyl (C=O) groups excluding carboxylic acids is 1. The number of amides is 1. The second-order valence-corrected chi connectivity index (χ2v) is 7.83. The van der Waals surface area contributed by atoms with E-state index in [4.69, 9.17) is 4.74 Å². The van der Waals surface area contributed by atoms with Crippen molar-refractivity contribution in [1.29, 1.82) is 0 Å². The first-order valence-corrected chi connectivity index (χ1v) is 9.62. The smallest absolute Gasteiger partial charge is 0.407 e. The molecule has 0 aliphatic carbocycles. The minimum Gasteiger partial charge on any atom is -0.444 e. The van der Waals surface area contributed by atoms with Crippen molar-refractivity contribution >= 4 is 36.0 Å². The monoisotopic (exact) mass is 522 g/mol. The Morgan fingerprint density at radius 1 is 1.41 bits per heavy atom. The number of alkyl carbamates (subject to hydrolysis) is 1. The van der Waals surface area contributed by atoms with E-state index >= 15 is 0 Å². The van der Waals surface area contributed by atoms with Gasteiger partial charge < -0.3 is 25.4 Å². The van der Waals surface area contributed by atoms with Gasteiger partial charge >= 0.3 is 6.09 Å². The van der Waals surface area contributed by atoms with E-state index in [2.05, 4.69) is 20.5 Å². The van der Waals surface area contributed by atoms with Gasteiger partial charge in [0.25, 0.3) is 0 Å². The summed E-state index contributed by atoms with van der Waals surface area (Å²) in [6, 6.07) is 4.63. The fourth-order valence-corrected chi connectivity index (χ4v) is 2.98. The van der Waals surface area contributed by atoms with E-state index < -0.39 is 17.5 Å². The topological polar surface area (TPSA) is 86.2 Å². The summed E-state index contributed by atoms with van der Waals surface area (Å²) in [6.07, 6.45) is 0.388. The van der Waals surface area contributed by atoms with Crippen molar-refractivity contribution in [1.82, 2.24) is 15.5 Å². The summed E-state index contributed by atoms with van der Waals surface area (Å²) in [5.41, 5.74) is 0.561. The molecule has 2 rings (SSSR count). The third-order valence-corrected chi connectivity index (χ3v) is 4.24. The number of aliphatic imine (C=N–C) groups is 1. The molecule has 7 nitrogen and oxygen atoms in total. The Bertz CT molecular complexity index is 709. The van der Waals surface area contributed by atoms with Gasteiger partial charge in [0, 0.05) is 25.2 Å². The predicted octanol–water partition coefficient (Wildman–Crippen LogP) is 3.00. The van der Waals surface area contributed by atoms with Gasteiger partial charge in [0.05, 0.1) is 19.2 Å². The molecule has 1 heterocycles. The second-order valence-electron chi connectivity index (χ2n) is 7.83. The van der Waals surface area contributed by atoms with Crippen LogP contribution in [0.15, 0.2) is 23.2 Å². The van der Waals surface area contributed by atoms with Gasteiger partial charge in [-0.3, -0.25) is 0 Å². The Morgan fingerprint density at radius 3 is 2.76 bits per heavy atom. The first-order valence-electron chi connectivity index (χ1n) is 9.62. The third-order valence-electron chi connectivity index (χ3n) is 4.24. The lowest BCUT2D eigenvalue weighted by atomic mass is 10.1. The molecule has 1 aromatic carbocycles. The molecule has 1 atom stereocenters. The van der Waals surface area contributed by atoms with Crippen molar-refractivity contribution in [3.05, 3.63) is 35.1 Å². The molecule has 0 saturated carbocycles. The molecule has 29 heavy (non-hydrogen) atoms. The highest BCUT2D eigenvalue weighted by Gasteiger charge is 2.27. The van der Waals surface area contributed by atoms with Crippen molar-refractivity contribution < 1.29 is 19.0 Å². The summed E-state index contributed by atoms with van der Waals surface area (Å²) in [5, 5.41) is 15.4. The number of nitrogens with one attached hydrogen (secondary N) is 2. The van der Waals surface area contributed by atoms with Crippen molar-refractivity contribution in [2.24, 2.45) is 4.99 Å². The number of benzene rings is 1. The Hall–Kier alpha value is -1.62. The number of hydrogen-bond donors (Lipinski definition) is 3. The number of carbonyl (C=O) groups is 1. The summed E-state index contributed by atoms with van der Waals surface area (Å²) < 4.78 is 18.8. The molecular weight excluding hydrogens is 490 g/mol. The van der Waals surface area contributed by atoms with Gasteiger partial charge in [-0.25, -0.2) is 14.2 Å². The van der Waals surface area contributed by atoms with Crippen molar-refractivity contribution in [2.45, 2.75) is 58.9 Å². The second kappa shape index (κ2) is 11.5. The average molecular weight is 522 g/mol. The molecule has 1 aliphatic heterocycles. The number of guanidine groups is 1. The minimum absolute atomic E-state index is 0. The third kappa shape index (κ3) is 8.33. The molecular formula is C20H32FIN4O3. The van der Waals surface area contributed by atoms with Crippen LogP contribution in [0, 0.1) is 5.82 Å². The zero-order valence-electron chi connectivity index (χ0n) is 17.5. The summed E-state index contributed by atoms with van der Waals surface area (Å²) in [6.45, 7) is 9.63. The van der Waals surface area contributed by atoms with Crippen LogP contribution in [0.3, 0.4) is 0 Å². The molecule has 0 radical (unpaired) electrons. The molecule has 0 bridgehead atoms. The highest BCUT2D eigenvalue weighted by Crippen LogP contribution is 2.14. The fraction of sp³-hybridized carbons (Fsp3) is 0.600. The fourth-order valence-electron chi connectivity index (χ4n) is 2.98. The van der Waals surface area contributed by atoms with Crippen LogP contribution in [0.25, 0.3) is 0 Å². The van der Waals surface area contributed by atoms with Crippen LogP contribution < -0.4 is 10.6 Å².